The molecule has 1 aromatic heterocycles. The predicted octanol–water partition coefficient (Wildman–Crippen LogP) is 2.19. The molecule has 3 N–H and O–H groups in total. The molecule has 1 fully saturated rings. The Morgan fingerprint density at radius 3 is 2.62 bits per heavy atom. The SMILES string of the molecule is CN1C(=O)N(CCC(C(=O)NO)N(c2ccc3c4c(oc3c2)CCCC4)S(=O)O)C(=O)C1(C)C. The van der Waals surface area contributed by atoms with Gasteiger partial charge in [0, 0.05) is 37.0 Å². The molecule has 4 rings (SSSR count). The maximum absolute atomic E-state index is 12.7. The summed E-state index contributed by atoms with van der Waals surface area (Å²) in [4.78, 5) is 40.1. The van der Waals surface area contributed by atoms with Crippen LogP contribution in [0.4, 0.5) is 10.5 Å². The van der Waals surface area contributed by atoms with E-state index < -0.39 is 40.7 Å². The minimum Gasteiger partial charge on any atom is -0.461 e. The van der Waals surface area contributed by atoms with Crippen molar-refractivity contribution in [2.24, 2.45) is 0 Å². The number of benzene rings is 1. The average Bonchev–Trinajstić information content (AvgIpc) is 3.25. The molecule has 2 atom stereocenters. The average molecular weight is 493 g/mol. The number of hydrogen-bond donors (Lipinski definition) is 3. The predicted molar refractivity (Wildman–Crippen MR) is 123 cm³/mol. The molecule has 2 aromatic rings. The van der Waals surface area contributed by atoms with Gasteiger partial charge in [0.05, 0.1) is 5.69 Å². The monoisotopic (exact) mass is 492 g/mol. The Kier molecular flexibility index (Phi) is 6.40. The number of anilines is 1. The summed E-state index contributed by atoms with van der Waals surface area (Å²) in [7, 11) is 1.51. The highest BCUT2D eigenvalue weighted by atomic mass is 32.2. The number of rotatable bonds is 7. The van der Waals surface area contributed by atoms with Crippen LogP contribution in [0.5, 0.6) is 0 Å². The zero-order valence-corrected chi connectivity index (χ0v) is 20.1. The van der Waals surface area contributed by atoms with E-state index in [2.05, 4.69) is 0 Å². The van der Waals surface area contributed by atoms with Gasteiger partial charge in [0.2, 0.25) is 0 Å². The second-order valence-electron chi connectivity index (χ2n) is 9.09. The number of likely N-dealkylation sites (N-methyl/N-ethyl adjacent to an activating group) is 1. The summed E-state index contributed by atoms with van der Waals surface area (Å²) in [6, 6.07) is 3.10. The molecule has 1 aromatic carbocycles. The van der Waals surface area contributed by atoms with Crippen LogP contribution in [0.2, 0.25) is 0 Å². The Labute approximate surface area is 199 Å². The number of furan rings is 1. The van der Waals surface area contributed by atoms with Gasteiger partial charge in [-0.15, -0.1) is 0 Å². The van der Waals surface area contributed by atoms with Crippen molar-refractivity contribution >= 4 is 45.8 Å². The Balaban J connectivity index is 1.65. The lowest BCUT2D eigenvalue weighted by Crippen LogP contribution is -2.49. The summed E-state index contributed by atoms with van der Waals surface area (Å²) in [5.74, 6) is -0.493. The number of aryl methyl sites for hydroxylation is 2. The fraction of sp³-hybridized carbons (Fsp3) is 0.500. The van der Waals surface area contributed by atoms with Crippen molar-refractivity contribution in [3.63, 3.8) is 0 Å². The van der Waals surface area contributed by atoms with Crippen molar-refractivity contribution in [2.75, 3.05) is 17.9 Å². The lowest BCUT2D eigenvalue weighted by Gasteiger charge is -2.29. The second-order valence-corrected chi connectivity index (χ2v) is 9.94. The van der Waals surface area contributed by atoms with Crippen molar-refractivity contribution in [3.8, 4) is 0 Å². The summed E-state index contributed by atoms with van der Waals surface area (Å²) in [6.45, 7) is 3.03. The molecule has 1 aliphatic heterocycles. The smallest absolute Gasteiger partial charge is 0.327 e. The van der Waals surface area contributed by atoms with Gasteiger partial charge in [0.1, 0.15) is 22.9 Å². The molecular weight excluding hydrogens is 464 g/mol. The van der Waals surface area contributed by atoms with Crippen molar-refractivity contribution in [3.05, 3.63) is 29.5 Å². The number of urea groups is 1. The van der Waals surface area contributed by atoms with E-state index in [4.69, 9.17) is 4.42 Å². The highest BCUT2D eigenvalue weighted by Gasteiger charge is 2.49. The van der Waals surface area contributed by atoms with Gasteiger partial charge >= 0.3 is 6.03 Å². The minimum absolute atomic E-state index is 0.186. The highest BCUT2D eigenvalue weighted by molar-refractivity contribution is 7.80. The minimum atomic E-state index is -2.66. The first-order valence-electron chi connectivity index (χ1n) is 11.1. The van der Waals surface area contributed by atoms with Gasteiger partial charge < -0.3 is 9.32 Å². The summed E-state index contributed by atoms with van der Waals surface area (Å²) < 4.78 is 29.3. The molecule has 0 bridgehead atoms. The largest absolute Gasteiger partial charge is 0.461 e. The number of fused-ring (bicyclic) bond motifs is 3. The quantitative estimate of drug-likeness (QED) is 0.233. The normalized spacial score (nSPS) is 19.3. The molecule has 1 saturated heterocycles. The first-order chi connectivity index (χ1) is 16.1. The van der Waals surface area contributed by atoms with E-state index in [1.807, 2.05) is 0 Å². The highest BCUT2D eigenvalue weighted by Crippen LogP contribution is 2.35. The van der Waals surface area contributed by atoms with Gasteiger partial charge in [-0.2, -0.15) is 0 Å². The first-order valence-corrected chi connectivity index (χ1v) is 12.1. The first kappa shape index (κ1) is 24.2. The number of carbonyl (C=O) groups excluding carboxylic acids is 3. The zero-order chi connectivity index (χ0) is 24.8. The number of nitrogens with zero attached hydrogens (tertiary/aromatic N) is 3. The Bertz CT molecular complexity index is 1180. The van der Waals surface area contributed by atoms with Gasteiger partial charge in [-0.3, -0.25) is 28.6 Å². The molecule has 11 nitrogen and oxygen atoms in total. The van der Waals surface area contributed by atoms with Crippen molar-refractivity contribution in [1.82, 2.24) is 15.3 Å². The van der Waals surface area contributed by atoms with E-state index in [1.54, 1.807) is 32.0 Å². The molecule has 34 heavy (non-hydrogen) atoms. The Hall–Kier alpha value is -2.96. The third-order valence-corrected chi connectivity index (χ3v) is 7.61. The summed E-state index contributed by atoms with van der Waals surface area (Å²) >= 11 is -2.66. The van der Waals surface area contributed by atoms with E-state index in [-0.39, 0.29) is 18.7 Å². The van der Waals surface area contributed by atoms with E-state index in [9.17, 15) is 28.4 Å². The Morgan fingerprint density at radius 2 is 2.00 bits per heavy atom. The van der Waals surface area contributed by atoms with Crippen molar-refractivity contribution in [2.45, 2.75) is 57.5 Å². The molecule has 2 unspecified atom stereocenters. The van der Waals surface area contributed by atoms with Crippen LogP contribution in [0.1, 0.15) is 44.4 Å². The van der Waals surface area contributed by atoms with Crippen LogP contribution in [0.15, 0.2) is 22.6 Å². The van der Waals surface area contributed by atoms with Crippen LogP contribution in [0.3, 0.4) is 0 Å². The van der Waals surface area contributed by atoms with Crippen molar-refractivity contribution < 1.29 is 32.8 Å². The van der Waals surface area contributed by atoms with Crippen LogP contribution in [-0.4, -0.2) is 66.8 Å². The van der Waals surface area contributed by atoms with Crippen LogP contribution < -0.4 is 9.79 Å². The molecular formula is C22H28N4O7S. The molecule has 184 valence electrons. The number of carbonyl (C=O) groups is 3. The van der Waals surface area contributed by atoms with Crippen LogP contribution >= 0.6 is 0 Å². The van der Waals surface area contributed by atoms with Gasteiger partial charge in [-0.25, -0.2) is 14.5 Å². The van der Waals surface area contributed by atoms with E-state index in [0.717, 1.165) is 51.6 Å². The molecule has 4 amide bonds. The molecule has 0 saturated carbocycles. The third kappa shape index (κ3) is 3.95. The fourth-order valence-corrected chi connectivity index (χ4v) is 5.34. The third-order valence-electron chi connectivity index (χ3n) is 6.81. The fourth-order valence-electron chi connectivity index (χ4n) is 4.63. The van der Waals surface area contributed by atoms with Gasteiger partial charge in [-0.1, -0.05) is 0 Å². The maximum Gasteiger partial charge on any atom is 0.327 e. The van der Waals surface area contributed by atoms with E-state index in [1.165, 1.54) is 17.4 Å². The number of imide groups is 1. The molecule has 2 heterocycles. The number of amides is 4. The van der Waals surface area contributed by atoms with Crippen LogP contribution in [0.25, 0.3) is 11.0 Å². The molecule has 0 spiro atoms. The topological polar surface area (TPSA) is 144 Å². The van der Waals surface area contributed by atoms with Crippen LogP contribution in [-0.2, 0) is 33.7 Å². The lowest BCUT2D eigenvalue weighted by atomic mass is 9.96. The van der Waals surface area contributed by atoms with Crippen molar-refractivity contribution in [1.29, 1.82) is 0 Å². The number of hydrogen-bond acceptors (Lipinski definition) is 6. The van der Waals surface area contributed by atoms with Gasteiger partial charge in [0.25, 0.3) is 23.1 Å². The van der Waals surface area contributed by atoms with E-state index >= 15 is 0 Å². The van der Waals surface area contributed by atoms with E-state index in [0.29, 0.717) is 5.58 Å². The molecule has 1 aliphatic carbocycles. The molecule has 0 radical (unpaired) electrons. The number of hydroxylamine groups is 1. The van der Waals surface area contributed by atoms with Gasteiger partial charge in [0.15, 0.2) is 0 Å². The standard InChI is InChI=1S/C22H28N4O7S/c1-22(2)20(28)25(21(29)24(22)3)11-10-16(19(27)23-30)26(34(31)32)13-8-9-15-14-6-4-5-7-17(14)33-18(15)12-13/h8-9,12,16,30H,4-7,10-11H2,1-3H3,(H,23,27)(H,31,32). The zero-order valence-electron chi connectivity index (χ0n) is 19.2. The second kappa shape index (κ2) is 9.01. The summed E-state index contributed by atoms with van der Waals surface area (Å²) in [5.41, 5.74) is 2.37. The summed E-state index contributed by atoms with van der Waals surface area (Å²) in [6.07, 6.45) is 3.63. The lowest BCUT2D eigenvalue weighted by molar-refractivity contribution is -0.133. The number of nitrogens with one attached hydrogen (secondary N) is 1. The van der Waals surface area contributed by atoms with Crippen LogP contribution in [0, 0.1) is 0 Å². The van der Waals surface area contributed by atoms with Gasteiger partial charge in [-0.05, 0) is 51.7 Å². The summed E-state index contributed by atoms with van der Waals surface area (Å²) in [5, 5.41) is 10.2. The maximum atomic E-state index is 12.7. The molecule has 2 aliphatic rings. The Morgan fingerprint density at radius 1 is 1.29 bits per heavy atom. The molecule has 12 heteroatoms.